The summed E-state index contributed by atoms with van der Waals surface area (Å²) in [5.74, 6) is 0.897. The van der Waals surface area contributed by atoms with Gasteiger partial charge in [-0.2, -0.15) is 0 Å². The van der Waals surface area contributed by atoms with E-state index in [1.165, 1.54) is 0 Å². The Balaban J connectivity index is 1.99. The number of aromatic nitrogens is 4. The van der Waals surface area contributed by atoms with E-state index in [2.05, 4.69) is 22.1 Å². The van der Waals surface area contributed by atoms with E-state index in [1.807, 2.05) is 60.1 Å². The van der Waals surface area contributed by atoms with Crippen LogP contribution in [0.3, 0.4) is 0 Å². The first-order chi connectivity index (χ1) is 10.8. The Kier molecular flexibility index (Phi) is 2.93. The van der Waals surface area contributed by atoms with E-state index in [9.17, 15) is 0 Å². The lowest BCUT2D eigenvalue weighted by Gasteiger charge is -2.01. The summed E-state index contributed by atoms with van der Waals surface area (Å²) in [5.41, 5.74) is 4.65. The van der Waals surface area contributed by atoms with Crippen molar-refractivity contribution in [1.82, 2.24) is 19.5 Å². The number of hydrogen-bond donors (Lipinski definition) is 0. The first kappa shape index (κ1) is 12.7. The Morgan fingerprint density at radius 1 is 0.773 bits per heavy atom. The molecule has 0 aliphatic carbocycles. The summed E-state index contributed by atoms with van der Waals surface area (Å²) in [7, 11) is 1.99. The van der Waals surface area contributed by atoms with Gasteiger partial charge in [0.1, 0.15) is 23.4 Å². The predicted octanol–water partition coefficient (Wildman–Crippen LogP) is 3.70. The molecule has 0 N–H and O–H groups in total. The number of hydrogen-bond acceptors (Lipinski definition) is 3. The molecule has 0 saturated heterocycles. The predicted molar refractivity (Wildman–Crippen MR) is 87.2 cm³/mol. The van der Waals surface area contributed by atoms with E-state index in [4.69, 9.17) is 4.98 Å². The van der Waals surface area contributed by atoms with E-state index in [0.717, 1.165) is 33.8 Å². The van der Waals surface area contributed by atoms with Gasteiger partial charge >= 0.3 is 0 Å². The van der Waals surface area contributed by atoms with E-state index in [0.29, 0.717) is 0 Å². The van der Waals surface area contributed by atoms with Gasteiger partial charge in [0, 0.05) is 18.2 Å². The third-order valence-corrected chi connectivity index (χ3v) is 3.74. The lowest BCUT2D eigenvalue weighted by atomic mass is 10.1. The molecule has 0 spiro atoms. The van der Waals surface area contributed by atoms with Crippen LogP contribution >= 0.6 is 0 Å². The van der Waals surface area contributed by atoms with Crippen LogP contribution in [0.5, 0.6) is 0 Å². The number of fused-ring (bicyclic) bond motifs is 1. The second-order valence-electron chi connectivity index (χ2n) is 5.12. The molecule has 4 aromatic rings. The molecule has 2 heterocycles. The van der Waals surface area contributed by atoms with E-state index >= 15 is 0 Å². The SMILES string of the molecule is Cn1c(-c2ccccc2)nc2c(-c3ccccc3)ncnc21. The van der Waals surface area contributed by atoms with Gasteiger partial charge < -0.3 is 4.57 Å². The van der Waals surface area contributed by atoms with Crippen molar-refractivity contribution in [3.05, 3.63) is 67.0 Å². The highest BCUT2D eigenvalue weighted by Gasteiger charge is 2.15. The Morgan fingerprint density at radius 2 is 1.41 bits per heavy atom. The lowest BCUT2D eigenvalue weighted by Crippen LogP contribution is -1.94. The number of rotatable bonds is 2. The summed E-state index contributed by atoms with van der Waals surface area (Å²) in [6.07, 6.45) is 1.60. The highest BCUT2D eigenvalue weighted by atomic mass is 15.1. The highest BCUT2D eigenvalue weighted by Crippen LogP contribution is 2.28. The fraction of sp³-hybridized carbons (Fsp3) is 0.0556. The number of imidazole rings is 1. The van der Waals surface area contributed by atoms with Gasteiger partial charge in [-0.05, 0) is 0 Å². The molecule has 2 aromatic carbocycles. The quantitative estimate of drug-likeness (QED) is 0.564. The monoisotopic (exact) mass is 286 g/mol. The number of aryl methyl sites for hydroxylation is 1. The number of benzene rings is 2. The minimum Gasteiger partial charge on any atom is -0.312 e. The van der Waals surface area contributed by atoms with Crippen LogP contribution in [0.25, 0.3) is 33.8 Å². The molecule has 4 heteroatoms. The summed E-state index contributed by atoms with van der Waals surface area (Å²) in [6.45, 7) is 0. The molecule has 0 radical (unpaired) electrons. The first-order valence-electron chi connectivity index (χ1n) is 7.13. The van der Waals surface area contributed by atoms with Crippen molar-refractivity contribution in [2.24, 2.45) is 7.05 Å². The van der Waals surface area contributed by atoms with E-state index in [1.54, 1.807) is 6.33 Å². The molecule has 0 bridgehead atoms. The van der Waals surface area contributed by atoms with E-state index in [-0.39, 0.29) is 0 Å². The number of nitrogens with zero attached hydrogens (tertiary/aromatic N) is 4. The average molecular weight is 286 g/mol. The molecule has 0 amide bonds. The topological polar surface area (TPSA) is 43.6 Å². The highest BCUT2D eigenvalue weighted by molar-refractivity contribution is 5.89. The van der Waals surface area contributed by atoms with Gasteiger partial charge in [0.05, 0.1) is 0 Å². The van der Waals surface area contributed by atoms with Crippen molar-refractivity contribution in [3.8, 4) is 22.6 Å². The zero-order chi connectivity index (χ0) is 14.9. The Labute approximate surface area is 128 Å². The molecule has 0 aliphatic rings. The Bertz CT molecular complexity index is 927. The molecule has 0 unspecified atom stereocenters. The summed E-state index contributed by atoms with van der Waals surface area (Å²) in [5, 5.41) is 0. The second kappa shape index (κ2) is 5.07. The molecular weight excluding hydrogens is 272 g/mol. The maximum Gasteiger partial charge on any atom is 0.164 e. The maximum absolute atomic E-state index is 4.80. The van der Waals surface area contributed by atoms with Gasteiger partial charge in [-0.25, -0.2) is 15.0 Å². The molecular formula is C18H14N4. The van der Waals surface area contributed by atoms with Crippen LogP contribution in [0.1, 0.15) is 0 Å². The molecule has 0 aliphatic heterocycles. The molecule has 0 fully saturated rings. The normalized spacial score (nSPS) is 11.0. The zero-order valence-corrected chi connectivity index (χ0v) is 12.1. The first-order valence-corrected chi connectivity index (χ1v) is 7.13. The van der Waals surface area contributed by atoms with Crippen molar-refractivity contribution in [1.29, 1.82) is 0 Å². The Morgan fingerprint density at radius 3 is 2.09 bits per heavy atom. The largest absolute Gasteiger partial charge is 0.312 e. The van der Waals surface area contributed by atoms with Crippen LogP contribution in [0.4, 0.5) is 0 Å². The van der Waals surface area contributed by atoms with Crippen molar-refractivity contribution < 1.29 is 0 Å². The molecule has 22 heavy (non-hydrogen) atoms. The molecule has 4 nitrogen and oxygen atoms in total. The van der Waals surface area contributed by atoms with Crippen molar-refractivity contribution in [2.45, 2.75) is 0 Å². The van der Waals surface area contributed by atoms with Crippen molar-refractivity contribution in [3.63, 3.8) is 0 Å². The fourth-order valence-corrected chi connectivity index (χ4v) is 2.65. The molecule has 0 saturated carbocycles. The summed E-state index contributed by atoms with van der Waals surface area (Å²) < 4.78 is 2.01. The van der Waals surface area contributed by atoms with Crippen LogP contribution in [-0.2, 0) is 7.05 Å². The fourth-order valence-electron chi connectivity index (χ4n) is 2.65. The molecule has 4 rings (SSSR count). The van der Waals surface area contributed by atoms with Crippen molar-refractivity contribution >= 4 is 11.2 Å². The van der Waals surface area contributed by atoms with Gasteiger partial charge in [-0.3, -0.25) is 0 Å². The molecule has 0 atom stereocenters. The third kappa shape index (κ3) is 1.97. The van der Waals surface area contributed by atoms with Crippen LogP contribution in [-0.4, -0.2) is 19.5 Å². The van der Waals surface area contributed by atoms with Gasteiger partial charge in [0.25, 0.3) is 0 Å². The van der Waals surface area contributed by atoms with Gasteiger partial charge in [0.2, 0.25) is 0 Å². The van der Waals surface area contributed by atoms with Gasteiger partial charge in [0.15, 0.2) is 5.65 Å². The van der Waals surface area contributed by atoms with Crippen LogP contribution < -0.4 is 0 Å². The summed E-state index contributed by atoms with van der Waals surface area (Å²) >= 11 is 0. The smallest absolute Gasteiger partial charge is 0.164 e. The van der Waals surface area contributed by atoms with E-state index < -0.39 is 0 Å². The average Bonchev–Trinajstić information content (AvgIpc) is 2.94. The summed E-state index contributed by atoms with van der Waals surface area (Å²) in [6, 6.07) is 20.2. The molecule has 2 aromatic heterocycles. The van der Waals surface area contributed by atoms with Gasteiger partial charge in [-0.15, -0.1) is 0 Å². The van der Waals surface area contributed by atoms with Gasteiger partial charge in [-0.1, -0.05) is 60.7 Å². The maximum atomic E-state index is 4.80. The second-order valence-corrected chi connectivity index (χ2v) is 5.12. The summed E-state index contributed by atoms with van der Waals surface area (Å²) in [4.78, 5) is 13.6. The Hall–Kier alpha value is -3.01. The van der Waals surface area contributed by atoms with Crippen LogP contribution in [0, 0.1) is 0 Å². The molecule has 106 valence electrons. The lowest BCUT2D eigenvalue weighted by molar-refractivity contribution is 0.939. The minimum atomic E-state index is 0.829. The zero-order valence-electron chi connectivity index (χ0n) is 12.1. The van der Waals surface area contributed by atoms with Crippen LogP contribution in [0.2, 0.25) is 0 Å². The van der Waals surface area contributed by atoms with Crippen molar-refractivity contribution in [2.75, 3.05) is 0 Å². The van der Waals surface area contributed by atoms with Crippen LogP contribution in [0.15, 0.2) is 67.0 Å². The minimum absolute atomic E-state index is 0.829. The third-order valence-electron chi connectivity index (χ3n) is 3.74. The standard InChI is InChI=1S/C18H14N4/c1-22-17(14-10-6-3-7-11-14)21-16-15(19-12-20-18(16)22)13-8-4-2-5-9-13/h2-12H,1H3.